The number of ketones is 1. The lowest BCUT2D eigenvalue weighted by molar-refractivity contribution is -0.117. The topological polar surface area (TPSA) is 30.2 Å². The number of carbonyl (C=O) groups excluding carboxylic acids is 1. The van der Waals surface area contributed by atoms with Crippen LogP contribution in [0.5, 0.6) is 0 Å². The molecule has 1 aliphatic rings. The van der Waals surface area contributed by atoms with E-state index in [1.807, 2.05) is 17.8 Å². The summed E-state index contributed by atoms with van der Waals surface area (Å²) < 4.78 is 4.97. The summed E-state index contributed by atoms with van der Waals surface area (Å²) in [6.45, 7) is 2.15. The number of rotatable bonds is 3. The average Bonchev–Trinajstić information content (AvgIpc) is 2.71. The first-order chi connectivity index (χ1) is 7.27. The average molecular weight is 242 g/mol. The van der Waals surface area contributed by atoms with Gasteiger partial charge in [-0.1, -0.05) is 6.92 Å². The second kappa shape index (κ2) is 5.12. The molecular weight excluding hydrogens is 228 g/mol. The monoisotopic (exact) mass is 242 g/mol. The zero-order valence-corrected chi connectivity index (χ0v) is 10.3. The zero-order chi connectivity index (χ0) is 10.7. The van der Waals surface area contributed by atoms with Crippen molar-refractivity contribution in [1.82, 2.24) is 0 Å². The summed E-state index contributed by atoms with van der Waals surface area (Å²) in [6, 6.07) is 1.86. The maximum absolute atomic E-state index is 12.0. The first-order valence-corrected chi connectivity index (χ1v) is 7.14. The van der Waals surface area contributed by atoms with Gasteiger partial charge in [0, 0.05) is 23.2 Å². The molecule has 1 aromatic rings. The lowest BCUT2D eigenvalue weighted by atomic mass is 10.1. The molecule has 4 heteroatoms. The third-order valence-corrected chi connectivity index (χ3v) is 5.60. The van der Waals surface area contributed by atoms with Crippen molar-refractivity contribution in [3.8, 4) is 0 Å². The highest BCUT2D eigenvalue weighted by Gasteiger charge is 2.28. The molecule has 1 saturated heterocycles. The van der Waals surface area contributed by atoms with Crippen LogP contribution in [0.4, 0.5) is 0 Å². The van der Waals surface area contributed by atoms with Crippen molar-refractivity contribution in [2.24, 2.45) is 0 Å². The second-order valence-electron chi connectivity index (χ2n) is 3.64. The third-order valence-electron chi connectivity index (χ3n) is 2.46. The summed E-state index contributed by atoms with van der Waals surface area (Å²) in [5.74, 6) is 2.60. The van der Waals surface area contributed by atoms with Gasteiger partial charge in [0.1, 0.15) is 0 Å². The normalized spacial score (nSPS) is 26.5. The number of Topliss-reactive ketones (excluding diaryl/α,β-unsaturated/α-hetero) is 1. The third kappa shape index (κ3) is 2.82. The first kappa shape index (κ1) is 11.1. The van der Waals surface area contributed by atoms with E-state index in [0.29, 0.717) is 17.5 Å². The van der Waals surface area contributed by atoms with E-state index in [0.717, 1.165) is 11.3 Å². The standard InChI is InChI=1S/C11H14O2S2/c1-8-11(15-5-4-14-8)10(12)6-9-2-3-13-7-9/h2-3,7-8,11H,4-6H2,1H3. The van der Waals surface area contributed by atoms with Crippen LogP contribution in [-0.4, -0.2) is 27.8 Å². The Bertz CT molecular complexity index is 321. The molecule has 2 heterocycles. The lowest BCUT2D eigenvalue weighted by Crippen LogP contribution is -2.32. The van der Waals surface area contributed by atoms with E-state index in [2.05, 4.69) is 6.92 Å². The molecule has 0 spiro atoms. The highest BCUT2D eigenvalue weighted by molar-refractivity contribution is 8.07. The van der Waals surface area contributed by atoms with Gasteiger partial charge in [-0.05, 0) is 11.6 Å². The van der Waals surface area contributed by atoms with E-state index in [9.17, 15) is 4.79 Å². The molecule has 1 fully saturated rings. The Labute approximate surface area is 98.2 Å². The van der Waals surface area contributed by atoms with E-state index in [1.54, 1.807) is 24.3 Å². The van der Waals surface area contributed by atoms with Crippen LogP contribution in [0, 0.1) is 0 Å². The Kier molecular flexibility index (Phi) is 3.81. The highest BCUT2D eigenvalue weighted by Crippen LogP contribution is 2.32. The van der Waals surface area contributed by atoms with Crippen molar-refractivity contribution in [3.05, 3.63) is 24.2 Å². The van der Waals surface area contributed by atoms with Crippen LogP contribution in [0.1, 0.15) is 12.5 Å². The summed E-state index contributed by atoms with van der Waals surface area (Å²) in [7, 11) is 0. The summed E-state index contributed by atoms with van der Waals surface area (Å²) in [6.07, 6.45) is 3.79. The van der Waals surface area contributed by atoms with Gasteiger partial charge in [-0.25, -0.2) is 0 Å². The van der Waals surface area contributed by atoms with Crippen LogP contribution in [-0.2, 0) is 11.2 Å². The van der Waals surface area contributed by atoms with Crippen LogP contribution >= 0.6 is 23.5 Å². The number of hydrogen-bond acceptors (Lipinski definition) is 4. The van der Waals surface area contributed by atoms with Crippen LogP contribution in [0.25, 0.3) is 0 Å². The Morgan fingerprint density at radius 3 is 3.00 bits per heavy atom. The largest absolute Gasteiger partial charge is 0.472 e. The smallest absolute Gasteiger partial charge is 0.151 e. The molecule has 2 unspecified atom stereocenters. The van der Waals surface area contributed by atoms with E-state index in [1.165, 1.54) is 5.75 Å². The minimum Gasteiger partial charge on any atom is -0.472 e. The number of hydrogen-bond donors (Lipinski definition) is 0. The van der Waals surface area contributed by atoms with Gasteiger partial charge in [0.05, 0.1) is 17.8 Å². The van der Waals surface area contributed by atoms with E-state index < -0.39 is 0 Å². The molecule has 0 saturated carbocycles. The molecule has 0 bridgehead atoms. The second-order valence-corrected chi connectivity index (χ2v) is 6.38. The van der Waals surface area contributed by atoms with Crippen LogP contribution < -0.4 is 0 Å². The number of furan rings is 1. The van der Waals surface area contributed by atoms with Crippen molar-refractivity contribution in [1.29, 1.82) is 0 Å². The molecule has 0 amide bonds. The fourth-order valence-corrected chi connectivity index (χ4v) is 4.42. The summed E-state index contributed by atoms with van der Waals surface area (Å²) in [4.78, 5) is 12.0. The van der Waals surface area contributed by atoms with E-state index >= 15 is 0 Å². The molecule has 0 radical (unpaired) electrons. The van der Waals surface area contributed by atoms with E-state index in [4.69, 9.17) is 4.42 Å². The first-order valence-electron chi connectivity index (χ1n) is 5.04. The van der Waals surface area contributed by atoms with Gasteiger partial charge in [-0.2, -0.15) is 11.8 Å². The molecule has 1 aromatic heterocycles. The molecule has 0 aromatic carbocycles. The fraction of sp³-hybridized carbons (Fsp3) is 0.545. The molecule has 2 nitrogen and oxygen atoms in total. The Hall–Kier alpha value is -0.350. The molecule has 0 aliphatic carbocycles. The Morgan fingerprint density at radius 1 is 1.53 bits per heavy atom. The van der Waals surface area contributed by atoms with Crippen molar-refractivity contribution in [3.63, 3.8) is 0 Å². The van der Waals surface area contributed by atoms with E-state index in [-0.39, 0.29) is 5.25 Å². The minimum atomic E-state index is 0.165. The molecule has 2 rings (SSSR count). The SMILES string of the molecule is CC1SCCSC1C(=O)Cc1ccoc1. The summed E-state index contributed by atoms with van der Waals surface area (Å²) in [5, 5.41) is 0.613. The fourth-order valence-electron chi connectivity index (χ4n) is 1.68. The maximum atomic E-state index is 12.0. The minimum absolute atomic E-state index is 0.165. The van der Waals surface area contributed by atoms with Gasteiger partial charge in [0.25, 0.3) is 0 Å². The van der Waals surface area contributed by atoms with Crippen LogP contribution in [0.15, 0.2) is 23.0 Å². The molecule has 0 N–H and O–H groups in total. The quantitative estimate of drug-likeness (QED) is 0.815. The lowest BCUT2D eigenvalue weighted by Gasteiger charge is -2.26. The molecular formula is C11H14O2S2. The van der Waals surface area contributed by atoms with Gasteiger partial charge in [0.15, 0.2) is 5.78 Å². The Morgan fingerprint density at radius 2 is 2.33 bits per heavy atom. The molecule has 15 heavy (non-hydrogen) atoms. The maximum Gasteiger partial charge on any atom is 0.151 e. The zero-order valence-electron chi connectivity index (χ0n) is 8.64. The predicted molar refractivity (Wildman–Crippen MR) is 65.6 cm³/mol. The van der Waals surface area contributed by atoms with Crippen molar-refractivity contribution < 1.29 is 9.21 Å². The predicted octanol–water partition coefficient (Wildman–Crippen LogP) is 2.63. The number of thioether (sulfide) groups is 2. The molecule has 2 atom stereocenters. The summed E-state index contributed by atoms with van der Waals surface area (Å²) in [5.41, 5.74) is 0.989. The van der Waals surface area contributed by atoms with Gasteiger partial charge in [-0.3, -0.25) is 4.79 Å². The van der Waals surface area contributed by atoms with Crippen molar-refractivity contribution in [2.75, 3.05) is 11.5 Å². The van der Waals surface area contributed by atoms with Gasteiger partial charge >= 0.3 is 0 Å². The van der Waals surface area contributed by atoms with Gasteiger partial charge < -0.3 is 4.42 Å². The van der Waals surface area contributed by atoms with Gasteiger partial charge in [-0.15, -0.1) is 11.8 Å². The van der Waals surface area contributed by atoms with Crippen molar-refractivity contribution in [2.45, 2.75) is 23.8 Å². The van der Waals surface area contributed by atoms with Crippen LogP contribution in [0.2, 0.25) is 0 Å². The summed E-state index contributed by atoms with van der Waals surface area (Å²) >= 11 is 3.70. The highest BCUT2D eigenvalue weighted by atomic mass is 32.2. The number of carbonyl (C=O) groups is 1. The van der Waals surface area contributed by atoms with Crippen molar-refractivity contribution >= 4 is 29.3 Å². The Balaban J connectivity index is 1.95. The molecule has 82 valence electrons. The van der Waals surface area contributed by atoms with Gasteiger partial charge in [0.2, 0.25) is 0 Å². The molecule has 1 aliphatic heterocycles. The van der Waals surface area contributed by atoms with Crippen LogP contribution in [0.3, 0.4) is 0 Å².